The number of hydrogen-bond acceptors (Lipinski definition) is 5. The number of carbonyl (C=O) groups excluding carboxylic acids is 2. The van der Waals surface area contributed by atoms with Crippen LogP contribution in [0.3, 0.4) is 0 Å². The van der Waals surface area contributed by atoms with E-state index in [1.54, 1.807) is 0 Å². The first-order chi connectivity index (χ1) is 13.5. The maximum absolute atomic E-state index is 12.2. The minimum absolute atomic E-state index is 0.192. The Morgan fingerprint density at radius 3 is 2.50 bits per heavy atom. The molecule has 0 saturated carbocycles. The molecule has 0 aliphatic heterocycles. The predicted molar refractivity (Wildman–Crippen MR) is 104 cm³/mol. The molecule has 1 amide bonds. The molecule has 0 heterocycles. The van der Waals surface area contributed by atoms with E-state index in [1.165, 1.54) is 24.3 Å². The van der Waals surface area contributed by atoms with Gasteiger partial charge in [-0.1, -0.05) is 54.6 Å². The van der Waals surface area contributed by atoms with Gasteiger partial charge < -0.3 is 10.1 Å². The summed E-state index contributed by atoms with van der Waals surface area (Å²) in [6, 6.07) is 18.8. The molecule has 0 fully saturated rings. The van der Waals surface area contributed by atoms with Gasteiger partial charge in [0.2, 0.25) is 0 Å². The minimum Gasteiger partial charge on any atom is -0.452 e. The van der Waals surface area contributed by atoms with E-state index >= 15 is 0 Å². The van der Waals surface area contributed by atoms with E-state index in [-0.39, 0.29) is 17.3 Å². The maximum atomic E-state index is 12.2. The fraction of sp³-hybridized carbons (Fsp3) is 0.143. The van der Waals surface area contributed by atoms with Crippen LogP contribution in [0.15, 0.2) is 66.7 Å². The van der Waals surface area contributed by atoms with Crippen LogP contribution in [0.4, 0.5) is 5.69 Å². The summed E-state index contributed by atoms with van der Waals surface area (Å²) < 4.78 is 4.95. The Morgan fingerprint density at radius 2 is 1.71 bits per heavy atom. The molecule has 3 aromatic carbocycles. The standard InChI is InChI=1S/C21H18N2O5/c1-14(16-11-6-8-15-7-2-3-9-17(15)16)22-20(24)13-28-21(25)18-10-4-5-12-19(18)23(26)27/h2-12,14H,13H2,1H3,(H,22,24)/t14-/m0/s1. The number of fused-ring (bicyclic) bond motifs is 1. The number of nitrogens with zero attached hydrogens (tertiary/aromatic N) is 1. The lowest BCUT2D eigenvalue weighted by Crippen LogP contribution is -2.31. The lowest BCUT2D eigenvalue weighted by Gasteiger charge is -2.16. The summed E-state index contributed by atoms with van der Waals surface area (Å²) >= 11 is 0. The Labute approximate surface area is 161 Å². The smallest absolute Gasteiger partial charge is 0.345 e. The number of amides is 1. The predicted octanol–water partition coefficient (Wildman–Crippen LogP) is 3.78. The Morgan fingerprint density at radius 1 is 1.04 bits per heavy atom. The van der Waals surface area contributed by atoms with Gasteiger partial charge in [0.15, 0.2) is 6.61 Å². The summed E-state index contributed by atoms with van der Waals surface area (Å²) in [5.41, 5.74) is 0.385. The van der Waals surface area contributed by atoms with Gasteiger partial charge in [0.25, 0.3) is 11.6 Å². The van der Waals surface area contributed by atoms with Crippen molar-refractivity contribution in [1.82, 2.24) is 5.32 Å². The molecule has 142 valence electrons. The molecule has 7 nitrogen and oxygen atoms in total. The monoisotopic (exact) mass is 378 g/mol. The SMILES string of the molecule is C[C@H](NC(=O)COC(=O)c1ccccc1[N+](=O)[O-])c1cccc2ccccc12. The Kier molecular flexibility index (Phi) is 5.64. The van der Waals surface area contributed by atoms with Crippen LogP contribution >= 0.6 is 0 Å². The molecule has 0 unspecified atom stereocenters. The number of rotatable bonds is 6. The van der Waals surface area contributed by atoms with Gasteiger partial charge >= 0.3 is 5.97 Å². The zero-order valence-corrected chi connectivity index (χ0v) is 15.1. The molecule has 1 N–H and O–H groups in total. The zero-order chi connectivity index (χ0) is 20.1. The van der Waals surface area contributed by atoms with Crippen LogP contribution in [-0.4, -0.2) is 23.4 Å². The number of carbonyl (C=O) groups is 2. The Bertz CT molecular complexity index is 1040. The van der Waals surface area contributed by atoms with Gasteiger partial charge in [0.1, 0.15) is 5.56 Å². The molecule has 0 aliphatic rings. The van der Waals surface area contributed by atoms with Gasteiger partial charge in [-0.3, -0.25) is 14.9 Å². The highest BCUT2D eigenvalue weighted by Crippen LogP contribution is 2.24. The third kappa shape index (κ3) is 4.15. The van der Waals surface area contributed by atoms with E-state index in [2.05, 4.69) is 5.32 Å². The zero-order valence-electron chi connectivity index (χ0n) is 15.1. The molecule has 28 heavy (non-hydrogen) atoms. The fourth-order valence-electron chi connectivity index (χ4n) is 3.00. The summed E-state index contributed by atoms with van der Waals surface area (Å²) in [7, 11) is 0. The number of nitro benzene ring substituents is 1. The van der Waals surface area contributed by atoms with E-state index in [4.69, 9.17) is 4.74 Å². The molecular formula is C21H18N2O5. The number of para-hydroxylation sites is 1. The third-order valence-electron chi connectivity index (χ3n) is 4.32. The number of ether oxygens (including phenoxy) is 1. The molecule has 3 aromatic rings. The minimum atomic E-state index is -0.916. The van der Waals surface area contributed by atoms with Crippen molar-refractivity contribution in [1.29, 1.82) is 0 Å². The second-order valence-electron chi connectivity index (χ2n) is 6.21. The average Bonchev–Trinajstić information content (AvgIpc) is 2.71. The van der Waals surface area contributed by atoms with E-state index in [1.807, 2.05) is 49.4 Å². The van der Waals surface area contributed by atoms with Crippen molar-refractivity contribution in [2.24, 2.45) is 0 Å². The molecule has 0 bridgehead atoms. The van der Waals surface area contributed by atoms with Crippen molar-refractivity contribution in [2.75, 3.05) is 6.61 Å². The Hall–Kier alpha value is -3.74. The molecule has 0 aliphatic carbocycles. The van der Waals surface area contributed by atoms with Gasteiger partial charge in [-0.2, -0.15) is 0 Å². The third-order valence-corrected chi connectivity index (χ3v) is 4.32. The first kappa shape index (κ1) is 19.0. The van der Waals surface area contributed by atoms with E-state index in [0.29, 0.717) is 0 Å². The number of nitro groups is 1. The van der Waals surface area contributed by atoms with Crippen molar-refractivity contribution in [2.45, 2.75) is 13.0 Å². The number of benzene rings is 3. The maximum Gasteiger partial charge on any atom is 0.345 e. The normalized spacial score (nSPS) is 11.6. The van der Waals surface area contributed by atoms with Crippen LogP contribution in [0, 0.1) is 10.1 Å². The topological polar surface area (TPSA) is 98.5 Å². The highest BCUT2D eigenvalue weighted by molar-refractivity contribution is 5.95. The van der Waals surface area contributed by atoms with Crippen molar-refractivity contribution in [3.05, 3.63) is 88.0 Å². The summed E-state index contributed by atoms with van der Waals surface area (Å²) in [6.07, 6.45) is 0. The fourth-order valence-corrected chi connectivity index (χ4v) is 3.00. The van der Waals surface area contributed by atoms with Gasteiger partial charge in [-0.05, 0) is 29.3 Å². The quantitative estimate of drug-likeness (QED) is 0.400. The number of nitrogens with one attached hydrogen (secondary N) is 1. The van der Waals surface area contributed by atoms with Crippen LogP contribution < -0.4 is 5.32 Å². The number of esters is 1. The van der Waals surface area contributed by atoms with Crippen molar-refractivity contribution in [3.8, 4) is 0 Å². The van der Waals surface area contributed by atoms with Crippen LogP contribution in [-0.2, 0) is 9.53 Å². The van der Waals surface area contributed by atoms with Gasteiger partial charge in [0.05, 0.1) is 11.0 Å². The van der Waals surface area contributed by atoms with Crippen LogP contribution in [0.2, 0.25) is 0 Å². The van der Waals surface area contributed by atoms with Crippen LogP contribution in [0.5, 0.6) is 0 Å². The first-order valence-corrected chi connectivity index (χ1v) is 8.65. The largest absolute Gasteiger partial charge is 0.452 e. The molecule has 7 heteroatoms. The second-order valence-corrected chi connectivity index (χ2v) is 6.21. The molecule has 0 aromatic heterocycles. The van der Waals surface area contributed by atoms with Gasteiger partial charge in [0, 0.05) is 6.07 Å². The van der Waals surface area contributed by atoms with Crippen molar-refractivity contribution in [3.63, 3.8) is 0 Å². The Balaban J connectivity index is 1.64. The molecule has 1 atom stereocenters. The van der Waals surface area contributed by atoms with Crippen LogP contribution in [0.1, 0.15) is 28.9 Å². The first-order valence-electron chi connectivity index (χ1n) is 8.65. The van der Waals surface area contributed by atoms with E-state index < -0.39 is 23.4 Å². The van der Waals surface area contributed by atoms with Gasteiger partial charge in [-0.25, -0.2) is 4.79 Å². The van der Waals surface area contributed by atoms with Gasteiger partial charge in [-0.15, -0.1) is 0 Å². The molecule has 0 radical (unpaired) electrons. The summed E-state index contributed by atoms with van der Waals surface area (Å²) in [4.78, 5) is 34.6. The molecule has 0 saturated heterocycles. The van der Waals surface area contributed by atoms with E-state index in [9.17, 15) is 19.7 Å². The van der Waals surface area contributed by atoms with Crippen molar-refractivity contribution < 1.29 is 19.2 Å². The average molecular weight is 378 g/mol. The summed E-state index contributed by atoms with van der Waals surface area (Å²) in [5.74, 6) is -1.41. The number of hydrogen-bond donors (Lipinski definition) is 1. The summed E-state index contributed by atoms with van der Waals surface area (Å²) in [5, 5.41) is 15.9. The highest BCUT2D eigenvalue weighted by atomic mass is 16.6. The lowest BCUT2D eigenvalue weighted by atomic mass is 10.00. The van der Waals surface area contributed by atoms with Crippen molar-refractivity contribution >= 4 is 28.3 Å². The van der Waals surface area contributed by atoms with Crippen LogP contribution in [0.25, 0.3) is 10.8 Å². The van der Waals surface area contributed by atoms with E-state index in [0.717, 1.165) is 16.3 Å². The lowest BCUT2D eigenvalue weighted by molar-refractivity contribution is -0.385. The molecule has 0 spiro atoms. The summed E-state index contributed by atoms with van der Waals surface area (Å²) in [6.45, 7) is 1.31. The second kappa shape index (κ2) is 8.30. The molecule has 3 rings (SSSR count). The molecular weight excluding hydrogens is 360 g/mol. The highest BCUT2D eigenvalue weighted by Gasteiger charge is 2.21.